The highest BCUT2D eigenvalue weighted by atomic mass is 31.2. The molecule has 0 saturated heterocycles. The molecule has 0 spiro atoms. The lowest BCUT2D eigenvalue weighted by atomic mass is 10.0. The highest BCUT2D eigenvalue weighted by Gasteiger charge is 2.30. The second-order valence-electron chi connectivity index (χ2n) is 29.3. The molecule has 0 radical (unpaired) electrons. The van der Waals surface area contributed by atoms with E-state index in [0.29, 0.717) is 31.6 Å². The number of carbonyl (C=O) groups is 4. The minimum Gasteiger partial charge on any atom is -0.462 e. The standard InChI is InChI=1S/C80H156O17P2/c1-6-9-12-15-18-21-24-27-30-33-36-39-42-45-50-56-61-65-79(84)96-75(69-90-77(82)63-58-53-48-43-40-37-34-31-28-25-22-19-16-13-10-7-2)71-94-98(86,87)92-67-74(81)68-93-99(88,89)95-72-76(70-91-78(83)64-59-54-51-46-47-52-57-62-73(4)5)97-80(85)66-60-55-49-44-41-38-35-32-29-26-23-20-17-14-11-8-3/h73-76,81H,6-72H2,1-5H3,(H,86,87)(H,88,89)/t74-,75-,76-/m1/s1. The lowest BCUT2D eigenvalue weighted by Gasteiger charge is -2.21. The molecule has 0 aliphatic heterocycles. The number of hydrogen-bond donors (Lipinski definition) is 3. The number of aliphatic hydroxyl groups is 1. The van der Waals surface area contributed by atoms with Gasteiger partial charge >= 0.3 is 39.5 Å². The third-order valence-corrected chi connectivity index (χ3v) is 20.7. The third-order valence-electron chi connectivity index (χ3n) is 18.8. The van der Waals surface area contributed by atoms with Crippen molar-refractivity contribution in [1.29, 1.82) is 0 Å². The monoisotopic (exact) mass is 1450 g/mol. The van der Waals surface area contributed by atoms with E-state index in [1.165, 1.54) is 244 Å². The fraction of sp³-hybridized carbons (Fsp3) is 0.950. The second kappa shape index (κ2) is 73.0. The SMILES string of the molecule is CCCCCCCCCCCCCCCCCCCC(=O)O[C@H](COC(=O)CCCCCCCCCCCCCCCCCC)COP(=O)(O)OC[C@@H](O)COP(=O)(O)OC[C@@H](COC(=O)CCCCCCCCCC(C)C)OC(=O)CCCCCCCCCCCCCCCCCC. The van der Waals surface area contributed by atoms with Gasteiger partial charge in [-0.15, -0.1) is 0 Å². The molecule has 0 aromatic carbocycles. The average molecular weight is 1450 g/mol. The molecule has 0 aromatic heterocycles. The summed E-state index contributed by atoms with van der Waals surface area (Å²) < 4.78 is 68.7. The van der Waals surface area contributed by atoms with E-state index in [1.807, 2.05) is 0 Å². The van der Waals surface area contributed by atoms with Gasteiger partial charge in [-0.3, -0.25) is 37.3 Å². The van der Waals surface area contributed by atoms with Crippen LogP contribution in [0.5, 0.6) is 0 Å². The van der Waals surface area contributed by atoms with Gasteiger partial charge in [0.1, 0.15) is 19.3 Å². The van der Waals surface area contributed by atoms with Crippen LogP contribution in [0.4, 0.5) is 0 Å². The molecule has 0 saturated carbocycles. The molecule has 0 aromatic rings. The highest BCUT2D eigenvalue weighted by Crippen LogP contribution is 2.45. The predicted octanol–water partition coefficient (Wildman–Crippen LogP) is 24.0. The molecule has 5 atom stereocenters. The Morgan fingerprint density at radius 3 is 0.687 bits per heavy atom. The van der Waals surface area contributed by atoms with Crippen LogP contribution in [0.15, 0.2) is 0 Å². The number of phosphoric ester groups is 2. The maximum atomic E-state index is 13.1. The van der Waals surface area contributed by atoms with Crippen molar-refractivity contribution < 1.29 is 80.2 Å². The number of rotatable bonds is 80. The Balaban J connectivity index is 5.24. The van der Waals surface area contributed by atoms with Gasteiger partial charge in [-0.05, 0) is 31.6 Å². The topological polar surface area (TPSA) is 237 Å². The quantitative estimate of drug-likeness (QED) is 0.0222. The molecule has 0 amide bonds. The zero-order valence-electron chi connectivity index (χ0n) is 64.6. The number of aliphatic hydroxyl groups excluding tert-OH is 1. The number of hydrogen-bond acceptors (Lipinski definition) is 15. The van der Waals surface area contributed by atoms with E-state index in [2.05, 4.69) is 34.6 Å². The molecule has 0 heterocycles. The molecular formula is C80H156O17P2. The fourth-order valence-electron chi connectivity index (χ4n) is 12.4. The number of ether oxygens (including phenoxy) is 4. The van der Waals surface area contributed by atoms with Gasteiger partial charge in [-0.2, -0.15) is 0 Å². The molecular weight excluding hydrogens is 1290 g/mol. The van der Waals surface area contributed by atoms with Crippen molar-refractivity contribution in [2.75, 3.05) is 39.6 Å². The summed E-state index contributed by atoms with van der Waals surface area (Å²) in [6.45, 7) is 7.28. The minimum atomic E-state index is -4.96. The van der Waals surface area contributed by atoms with Crippen LogP contribution in [0, 0.1) is 5.92 Å². The van der Waals surface area contributed by atoms with Gasteiger partial charge in [-0.25, -0.2) is 9.13 Å². The average Bonchev–Trinajstić information content (AvgIpc) is 1.49. The molecule has 588 valence electrons. The van der Waals surface area contributed by atoms with Gasteiger partial charge in [0.25, 0.3) is 0 Å². The first-order chi connectivity index (χ1) is 48.0. The van der Waals surface area contributed by atoms with Crippen molar-refractivity contribution in [3.05, 3.63) is 0 Å². The normalized spacial score (nSPS) is 13.9. The fourth-order valence-corrected chi connectivity index (χ4v) is 14.0. The first-order valence-corrected chi connectivity index (χ1v) is 44.6. The van der Waals surface area contributed by atoms with Crippen LogP contribution in [0.1, 0.15) is 426 Å². The summed E-state index contributed by atoms with van der Waals surface area (Å²) in [7, 11) is -9.92. The number of unbranched alkanes of at least 4 members (excludes halogenated alkanes) is 52. The largest absolute Gasteiger partial charge is 0.472 e. The smallest absolute Gasteiger partial charge is 0.462 e. The van der Waals surface area contributed by atoms with E-state index in [4.69, 9.17) is 37.0 Å². The van der Waals surface area contributed by atoms with Gasteiger partial charge < -0.3 is 33.8 Å². The second-order valence-corrected chi connectivity index (χ2v) is 32.2. The van der Waals surface area contributed by atoms with Crippen molar-refractivity contribution in [2.45, 2.75) is 445 Å². The Morgan fingerprint density at radius 1 is 0.273 bits per heavy atom. The molecule has 0 rings (SSSR count). The summed E-state index contributed by atoms with van der Waals surface area (Å²) in [6, 6.07) is 0. The zero-order valence-corrected chi connectivity index (χ0v) is 66.4. The van der Waals surface area contributed by atoms with E-state index >= 15 is 0 Å². The molecule has 17 nitrogen and oxygen atoms in total. The van der Waals surface area contributed by atoms with Gasteiger partial charge in [-0.1, -0.05) is 375 Å². The molecule has 0 aliphatic rings. The van der Waals surface area contributed by atoms with Crippen LogP contribution in [0.25, 0.3) is 0 Å². The predicted molar refractivity (Wildman–Crippen MR) is 405 cm³/mol. The van der Waals surface area contributed by atoms with Gasteiger partial charge in [0.2, 0.25) is 0 Å². The first-order valence-electron chi connectivity index (χ1n) is 41.6. The Kier molecular flexibility index (Phi) is 71.6. The maximum absolute atomic E-state index is 13.1. The molecule has 99 heavy (non-hydrogen) atoms. The minimum absolute atomic E-state index is 0.108. The molecule has 3 N–H and O–H groups in total. The van der Waals surface area contributed by atoms with E-state index < -0.39 is 97.5 Å². The summed E-state index contributed by atoms with van der Waals surface area (Å²) in [5.74, 6) is -1.40. The Morgan fingerprint density at radius 2 is 0.465 bits per heavy atom. The number of carbonyl (C=O) groups excluding carboxylic acids is 4. The molecule has 0 fully saturated rings. The highest BCUT2D eigenvalue weighted by molar-refractivity contribution is 7.47. The molecule has 0 aliphatic carbocycles. The van der Waals surface area contributed by atoms with E-state index in [1.54, 1.807) is 0 Å². The first kappa shape index (κ1) is 97.1. The van der Waals surface area contributed by atoms with E-state index in [-0.39, 0.29) is 25.7 Å². The van der Waals surface area contributed by atoms with Gasteiger partial charge in [0.15, 0.2) is 12.2 Å². The van der Waals surface area contributed by atoms with Gasteiger partial charge in [0.05, 0.1) is 26.4 Å². The van der Waals surface area contributed by atoms with Crippen molar-refractivity contribution in [1.82, 2.24) is 0 Å². The van der Waals surface area contributed by atoms with Gasteiger partial charge in [0, 0.05) is 25.7 Å². The lowest BCUT2D eigenvalue weighted by molar-refractivity contribution is -0.161. The maximum Gasteiger partial charge on any atom is 0.472 e. The number of phosphoric acid groups is 2. The van der Waals surface area contributed by atoms with Crippen LogP contribution in [0.3, 0.4) is 0 Å². The van der Waals surface area contributed by atoms with Crippen LogP contribution >= 0.6 is 15.6 Å². The molecule has 0 bridgehead atoms. The Bertz CT molecular complexity index is 1890. The summed E-state index contributed by atoms with van der Waals surface area (Å²) in [5, 5.41) is 10.6. The Hall–Kier alpha value is -1.94. The van der Waals surface area contributed by atoms with Crippen molar-refractivity contribution in [3.63, 3.8) is 0 Å². The third kappa shape index (κ3) is 74.1. The van der Waals surface area contributed by atoms with E-state index in [0.717, 1.165) is 96.3 Å². The van der Waals surface area contributed by atoms with Crippen LogP contribution in [-0.4, -0.2) is 96.7 Å². The van der Waals surface area contributed by atoms with Crippen molar-refractivity contribution in [2.24, 2.45) is 5.92 Å². The van der Waals surface area contributed by atoms with Crippen LogP contribution in [0.2, 0.25) is 0 Å². The lowest BCUT2D eigenvalue weighted by Crippen LogP contribution is -2.30. The summed E-state index contributed by atoms with van der Waals surface area (Å²) in [5.41, 5.74) is 0. The summed E-state index contributed by atoms with van der Waals surface area (Å²) in [6.07, 6.45) is 63.8. The van der Waals surface area contributed by atoms with E-state index in [9.17, 15) is 43.2 Å². The molecule has 19 heteroatoms. The van der Waals surface area contributed by atoms with Crippen molar-refractivity contribution >= 4 is 39.5 Å². The Labute approximate surface area is 607 Å². The zero-order chi connectivity index (χ0) is 72.7. The van der Waals surface area contributed by atoms with Crippen molar-refractivity contribution in [3.8, 4) is 0 Å². The van der Waals surface area contributed by atoms with Crippen LogP contribution in [-0.2, 0) is 65.4 Å². The van der Waals surface area contributed by atoms with Crippen LogP contribution < -0.4 is 0 Å². The summed E-state index contributed by atoms with van der Waals surface area (Å²) in [4.78, 5) is 73.0. The molecule has 2 unspecified atom stereocenters. The summed E-state index contributed by atoms with van der Waals surface area (Å²) >= 11 is 0. The number of esters is 4.